The zero-order valence-electron chi connectivity index (χ0n) is 14.7. The molecule has 3 amide bonds. The number of hydrogen-bond acceptors (Lipinski definition) is 4. The molecule has 0 aliphatic rings. The molecule has 130 valence electrons. The van der Waals surface area contributed by atoms with Gasteiger partial charge in [-0.05, 0) is 46.2 Å². The van der Waals surface area contributed by atoms with Gasteiger partial charge in [-0.25, -0.2) is 5.43 Å². The Balaban J connectivity index is 2.53. The molecule has 0 heterocycles. The summed E-state index contributed by atoms with van der Waals surface area (Å²) in [7, 11) is 0. The standard InChI is InChI=1S/C17H24N4O3/c1-11-8-6-7-9-13(11)18-15(23)16(24)21-20-12(2)10-14(22)19-17(3,4)5/h6-9H,10H2,1-5H3,(H,18,23)(H,19,22)(H,21,24)/b20-12+. The molecule has 0 fully saturated rings. The Labute approximate surface area is 141 Å². The summed E-state index contributed by atoms with van der Waals surface area (Å²) in [5.74, 6) is -1.92. The van der Waals surface area contributed by atoms with Crippen molar-refractivity contribution >= 4 is 29.1 Å². The second-order valence-electron chi connectivity index (χ2n) is 6.53. The molecule has 7 nitrogen and oxygen atoms in total. The maximum Gasteiger partial charge on any atom is 0.329 e. The third-order valence-electron chi connectivity index (χ3n) is 2.88. The zero-order valence-corrected chi connectivity index (χ0v) is 14.7. The van der Waals surface area contributed by atoms with E-state index < -0.39 is 11.8 Å². The lowest BCUT2D eigenvalue weighted by Crippen LogP contribution is -2.41. The Morgan fingerprint density at radius 3 is 2.29 bits per heavy atom. The molecule has 1 rings (SSSR count). The van der Waals surface area contributed by atoms with E-state index in [9.17, 15) is 14.4 Å². The number of nitrogens with one attached hydrogen (secondary N) is 3. The van der Waals surface area contributed by atoms with Crippen LogP contribution in [0.1, 0.15) is 39.7 Å². The second kappa shape index (κ2) is 8.24. The van der Waals surface area contributed by atoms with E-state index in [4.69, 9.17) is 0 Å². The molecule has 0 saturated carbocycles. The van der Waals surface area contributed by atoms with Crippen LogP contribution in [0.3, 0.4) is 0 Å². The number of hydrogen-bond donors (Lipinski definition) is 3. The van der Waals surface area contributed by atoms with Crippen molar-refractivity contribution in [3.8, 4) is 0 Å². The van der Waals surface area contributed by atoms with Gasteiger partial charge in [0.2, 0.25) is 5.91 Å². The van der Waals surface area contributed by atoms with Crippen LogP contribution in [-0.2, 0) is 14.4 Å². The quantitative estimate of drug-likeness (QED) is 0.445. The van der Waals surface area contributed by atoms with Gasteiger partial charge in [0.15, 0.2) is 0 Å². The first-order chi connectivity index (χ1) is 11.1. The number of carbonyl (C=O) groups excluding carboxylic acids is 3. The van der Waals surface area contributed by atoms with E-state index >= 15 is 0 Å². The van der Waals surface area contributed by atoms with Crippen LogP contribution in [0.25, 0.3) is 0 Å². The van der Waals surface area contributed by atoms with Crippen LogP contribution >= 0.6 is 0 Å². The van der Waals surface area contributed by atoms with Crippen molar-refractivity contribution in [3.63, 3.8) is 0 Å². The average molecular weight is 332 g/mol. The highest BCUT2D eigenvalue weighted by atomic mass is 16.2. The van der Waals surface area contributed by atoms with Gasteiger partial charge in [0.25, 0.3) is 0 Å². The average Bonchev–Trinajstić information content (AvgIpc) is 2.45. The maximum absolute atomic E-state index is 11.8. The number of nitrogens with zero attached hydrogens (tertiary/aromatic N) is 1. The number of anilines is 1. The van der Waals surface area contributed by atoms with Gasteiger partial charge in [0.05, 0.1) is 6.42 Å². The van der Waals surface area contributed by atoms with Crippen LogP contribution in [0.2, 0.25) is 0 Å². The van der Waals surface area contributed by atoms with Crippen molar-refractivity contribution in [2.24, 2.45) is 5.10 Å². The van der Waals surface area contributed by atoms with E-state index in [-0.39, 0.29) is 17.9 Å². The number of amides is 3. The Bertz CT molecular complexity index is 660. The third-order valence-corrected chi connectivity index (χ3v) is 2.88. The summed E-state index contributed by atoms with van der Waals surface area (Å²) in [4.78, 5) is 35.3. The molecule has 3 N–H and O–H groups in total. The topological polar surface area (TPSA) is 99.7 Å². The lowest BCUT2D eigenvalue weighted by atomic mass is 10.1. The van der Waals surface area contributed by atoms with Crippen LogP contribution in [0, 0.1) is 6.92 Å². The first-order valence-corrected chi connectivity index (χ1v) is 7.59. The summed E-state index contributed by atoms with van der Waals surface area (Å²) in [6, 6.07) is 7.12. The summed E-state index contributed by atoms with van der Waals surface area (Å²) in [6.07, 6.45) is 0.0387. The Morgan fingerprint density at radius 2 is 1.71 bits per heavy atom. The smallest absolute Gasteiger partial charge is 0.329 e. The number of carbonyl (C=O) groups is 3. The first-order valence-electron chi connectivity index (χ1n) is 7.59. The van der Waals surface area contributed by atoms with Gasteiger partial charge in [-0.2, -0.15) is 5.10 Å². The fourth-order valence-corrected chi connectivity index (χ4v) is 1.82. The molecule has 1 aromatic rings. The normalized spacial score (nSPS) is 11.6. The molecule has 0 saturated heterocycles. The van der Waals surface area contributed by atoms with Gasteiger partial charge in [-0.3, -0.25) is 14.4 Å². The first kappa shape index (κ1) is 19.3. The number of aryl methyl sites for hydroxylation is 1. The minimum Gasteiger partial charge on any atom is -0.351 e. The summed E-state index contributed by atoms with van der Waals surface area (Å²) in [5.41, 5.74) is 3.61. The summed E-state index contributed by atoms with van der Waals surface area (Å²) < 4.78 is 0. The van der Waals surface area contributed by atoms with Crippen molar-refractivity contribution < 1.29 is 14.4 Å². The molecule has 0 radical (unpaired) electrons. The third kappa shape index (κ3) is 7.04. The van der Waals surface area contributed by atoms with Crippen LogP contribution in [0.5, 0.6) is 0 Å². The molecule has 0 atom stereocenters. The van der Waals surface area contributed by atoms with Gasteiger partial charge < -0.3 is 10.6 Å². The lowest BCUT2D eigenvalue weighted by molar-refractivity contribution is -0.136. The van der Waals surface area contributed by atoms with Crippen LogP contribution in [0.15, 0.2) is 29.4 Å². The Morgan fingerprint density at radius 1 is 1.08 bits per heavy atom. The fourth-order valence-electron chi connectivity index (χ4n) is 1.82. The van der Waals surface area contributed by atoms with E-state index in [2.05, 4.69) is 21.2 Å². The van der Waals surface area contributed by atoms with Crippen LogP contribution in [0.4, 0.5) is 5.69 Å². The second-order valence-corrected chi connectivity index (χ2v) is 6.53. The summed E-state index contributed by atoms with van der Waals surface area (Å²) in [6.45, 7) is 9.03. The molecular formula is C17H24N4O3. The molecule has 7 heteroatoms. The van der Waals surface area contributed by atoms with Gasteiger partial charge in [0.1, 0.15) is 0 Å². The largest absolute Gasteiger partial charge is 0.351 e. The predicted octanol–water partition coefficient (Wildman–Crippen LogP) is 1.73. The summed E-state index contributed by atoms with van der Waals surface area (Å²) >= 11 is 0. The molecule has 24 heavy (non-hydrogen) atoms. The molecule has 1 aromatic carbocycles. The van der Waals surface area contributed by atoms with E-state index in [1.165, 1.54) is 0 Å². The predicted molar refractivity (Wildman–Crippen MR) is 93.6 cm³/mol. The van der Waals surface area contributed by atoms with E-state index in [0.29, 0.717) is 11.4 Å². The molecule has 0 spiro atoms. The molecule has 0 unspecified atom stereocenters. The van der Waals surface area contributed by atoms with Gasteiger partial charge in [-0.15, -0.1) is 0 Å². The van der Waals surface area contributed by atoms with Crippen molar-refractivity contribution in [3.05, 3.63) is 29.8 Å². The number of hydrazone groups is 1. The fraction of sp³-hybridized carbons (Fsp3) is 0.412. The summed E-state index contributed by atoms with van der Waals surface area (Å²) in [5, 5.41) is 9.07. The number of para-hydroxylation sites is 1. The maximum atomic E-state index is 11.8. The van der Waals surface area contributed by atoms with Gasteiger partial charge >= 0.3 is 11.8 Å². The van der Waals surface area contributed by atoms with Crippen LogP contribution < -0.4 is 16.1 Å². The minimum atomic E-state index is -0.895. The molecular weight excluding hydrogens is 308 g/mol. The highest BCUT2D eigenvalue weighted by Gasteiger charge is 2.16. The minimum absolute atomic E-state index is 0.0387. The highest BCUT2D eigenvalue weighted by molar-refractivity contribution is 6.39. The van der Waals surface area contributed by atoms with Crippen LogP contribution in [-0.4, -0.2) is 29.0 Å². The van der Waals surface area contributed by atoms with Crippen molar-refractivity contribution in [1.29, 1.82) is 0 Å². The van der Waals surface area contributed by atoms with E-state index in [1.807, 2.05) is 39.8 Å². The highest BCUT2D eigenvalue weighted by Crippen LogP contribution is 2.12. The van der Waals surface area contributed by atoms with E-state index in [0.717, 1.165) is 5.56 Å². The Kier molecular flexibility index (Phi) is 6.64. The molecule has 0 bridgehead atoms. The van der Waals surface area contributed by atoms with Gasteiger partial charge in [-0.1, -0.05) is 18.2 Å². The number of benzene rings is 1. The molecule has 0 aromatic heterocycles. The van der Waals surface area contributed by atoms with Crippen molar-refractivity contribution in [1.82, 2.24) is 10.7 Å². The van der Waals surface area contributed by atoms with Crippen molar-refractivity contribution in [2.75, 3.05) is 5.32 Å². The van der Waals surface area contributed by atoms with Gasteiger partial charge in [0, 0.05) is 16.9 Å². The lowest BCUT2D eigenvalue weighted by Gasteiger charge is -2.20. The molecule has 0 aliphatic carbocycles. The number of rotatable bonds is 4. The zero-order chi connectivity index (χ0) is 18.3. The Hall–Kier alpha value is -2.70. The SMILES string of the molecule is C/C(CC(=O)NC(C)(C)C)=N\NC(=O)C(=O)Nc1ccccc1C. The van der Waals surface area contributed by atoms with Crippen molar-refractivity contribution in [2.45, 2.75) is 46.6 Å². The van der Waals surface area contributed by atoms with E-state index in [1.54, 1.807) is 19.1 Å². The molecule has 0 aliphatic heterocycles. The monoisotopic (exact) mass is 332 g/mol.